The van der Waals surface area contributed by atoms with Crippen molar-refractivity contribution in [2.45, 2.75) is 6.54 Å². The summed E-state index contributed by atoms with van der Waals surface area (Å²) in [5, 5.41) is 3.35. The Balaban J connectivity index is 1.69. The van der Waals surface area contributed by atoms with Gasteiger partial charge in [0, 0.05) is 5.38 Å². The molecule has 1 aromatic carbocycles. The van der Waals surface area contributed by atoms with Crippen LogP contribution in [-0.2, 0) is 6.54 Å². The number of fused-ring (bicyclic) bond motifs is 1. The minimum atomic E-state index is -0.0573. The zero-order valence-corrected chi connectivity index (χ0v) is 12.3. The van der Waals surface area contributed by atoms with Gasteiger partial charge in [0.15, 0.2) is 10.8 Å². The van der Waals surface area contributed by atoms with E-state index in [1.807, 2.05) is 35.7 Å². The normalized spacial score (nSPS) is 11.1. The number of para-hydroxylation sites is 1. The molecule has 0 unspecified atom stereocenters. The first-order valence-electron chi connectivity index (χ1n) is 6.74. The van der Waals surface area contributed by atoms with Crippen LogP contribution in [0.4, 0.5) is 0 Å². The van der Waals surface area contributed by atoms with Crippen LogP contribution in [0.15, 0.2) is 63.6 Å². The molecule has 0 atom stereocenters. The highest BCUT2D eigenvalue weighted by Gasteiger charge is 2.09. The van der Waals surface area contributed by atoms with Gasteiger partial charge < -0.3 is 4.42 Å². The summed E-state index contributed by atoms with van der Waals surface area (Å²) in [7, 11) is 0. The van der Waals surface area contributed by atoms with Gasteiger partial charge in [-0.3, -0.25) is 9.36 Å². The Labute approximate surface area is 129 Å². The van der Waals surface area contributed by atoms with Gasteiger partial charge in [-0.15, -0.1) is 11.3 Å². The van der Waals surface area contributed by atoms with Gasteiger partial charge in [-0.25, -0.2) is 9.97 Å². The topological polar surface area (TPSA) is 60.9 Å². The maximum absolute atomic E-state index is 12.4. The van der Waals surface area contributed by atoms with Crippen molar-refractivity contribution in [1.29, 1.82) is 0 Å². The smallest absolute Gasteiger partial charge is 0.261 e. The van der Waals surface area contributed by atoms with Gasteiger partial charge in [0.25, 0.3) is 5.56 Å². The van der Waals surface area contributed by atoms with Gasteiger partial charge in [0.1, 0.15) is 0 Å². The molecule has 3 heterocycles. The van der Waals surface area contributed by atoms with E-state index < -0.39 is 0 Å². The molecule has 0 aliphatic heterocycles. The van der Waals surface area contributed by atoms with Crippen molar-refractivity contribution < 1.29 is 4.42 Å². The third-order valence-corrected chi connectivity index (χ3v) is 4.25. The van der Waals surface area contributed by atoms with Crippen molar-refractivity contribution in [2.75, 3.05) is 0 Å². The summed E-state index contributed by atoms with van der Waals surface area (Å²) in [6.45, 7) is 0.397. The molecule has 0 amide bonds. The minimum Gasteiger partial charge on any atom is -0.462 e. The van der Waals surface area contributed by atoms with Crippen molar-refractivity contribution in [3.05, 3.63) is 70.4 Å². The minimum absolute atomic E-state index is 0.0573. The first kappa shape index (κ1) is 13.0. The van der Waals surface area contributed by atoms with Crippen LogP contribution in [0.25, 0.3) is 21.7 Å². The molecule has 108 valence electrons. The zero-order valence-electron chi connectivity index (χ0n) is 11.5. The van der Waals surface area contributed by atoms with E-state index in [0.717, 1.165) is 16.5 Å². The summed E-state index contributed by atoms with van der Waals surface area (Å²) in [5.74, 6) is 0.736. The molecule has 0 saturated carbocycles. The summed E-state index contributed by atoms with van der Waals surface area (Å²) in [4.78, 5) is 21.3. The van der Waals surface area contributed by atoms with E-state index in [0.29, 0.717) is 17.4 Å². The lowest BCUT2D eigenvalue weighted by atomic mass is 10.2. The lowest BCUT2D eigenvalue weighted by Crippen LogP contribution is -2.21. The van der Waals surface area contributed by atoms with Crippen LogP contribution in [0.2, 0.25) is 0 Å². The van der Waals surface area contributed by atoms with Crippen molar-refractivity contribution in [3.8, 4) is 10.8 Å². The summed E-state index contributed by atoms with van der Waals surface area (Å²) in [6, 6.07) is 11.0. The molecule has 0 bridgehead atoms. The molecule has 5 nitrogen and oxygen atoms in total. The average molecular weight is 309 g/mol. The van der Waals surface area contributed by atoms with E-state index in [-0.39, 0.29) is 5.56 Å². The fourth-order valence-electron chi connectivity index (χ4n) is 2.29. The molecule has 6 heteroatoms. The molecular formula is C16H11N3O2S. The molecule has 0 N–H and O–H groups in total. The van der Waals surface area contributed by atoms with Crippen molar-refractivity contribution in [1.82, 2.24) is 14.5 Å². The van der Waals surface area contributed by atoms with Gasteiger partial charge in [-0.2, -0.15) is 0 Å². The number of nitrogens with zero attached hydrogens (tertiary/aromatic N) is 3. The second kappa shape index (κ2) is 5.23. The SMILES string of the molecule is O=c1c2ccccc2ncn1Cc1csc(-c2ccco2)n1. The molecule has 0 aliphatic rings. The standard InChI is InChI=1S/C16H11N3O2S/c20-16-12-4-1-2-5-13(12)17-10-19(16)8-11-9-22-15(18-11)14-6-3-7-21-14/h1-7,9-10H,8H2. The Bertz CT molecular complexity index is 986. The Morgan fingerprint density at radius 2 is 2.09 bits per heavy atom. The van der Waals surface area contributed by atoms with E-state index in [1.165, 1.54) is 11.3 Å². The molecule has 0 aliphatic carbocycles. The number of rotatable bonds is 3. The van der Waals surface area contributed by atoms with Gasteiger partial charge in [0.05, 0.1) is 35.7 Å². The molecule has 0 spiro atoms. The maximum atomic E-state index is 12.4. The molecule has 22 heavy (non-hydrogen) atoms. The first-order valence-corrected chi connectivity index (χ1v) is 7.62. The van der Waals surface area contributed by atoms with Crippen molar-refractivity contribution >= 4 is 22.2 Å². The van der Waals surface area contributed by atoms with E-state index >= 15 is 0 Å². The van der Waals surface area contributed by atoms with Gasteiger partial charge in [0.2, 0.25) is 0 Å². The Hall–Kier alpha value is -2.73. The number of benzene rings is 1. The highest BCUT2D eigenvalue weighted by atomic mass is 32.1. The summed E-state index contributed by atoms with van der Waals surface area (Å²) in [6.07, 6.45) is 3.19. The predicted molar refractivity (Wildman–Crippen MR) is 84.9 cm³/mol. The third kappa shape index (κ3) is 2.23. The molecule has 0 fully saturated rings. The van der Waals surface area contributed by atoms with Crippen LogP contribution in [0, 0.1) is 0 Å². The molecular weight excluding hydrogens is 298 g/mol. The van der Waals surface area contributed by atoms with Crippen LogP contribution in [-0.4, -0.2) is 14.5 Å². The fourth-order valence-corrected chi connectivity index (χ4v) is 3.06. The monoisotopic (exact) mass is 309 g/mol. The molecule has 4 rings (SSSR count). The largest absolute Gasteiger partial charge is 0.462 e. The van der Waals surface area contributed by atoms with Crippen LogP contribution in [0.3, 0.4) is 0 Å². The molecule has 4 aromatic rings. The van der Waals surface area contributed by atoms with Gasteiger partial charge in [-0.1, -0.05) is 12.1 Å². The number of thiazole rings is 1. The van der Waals surface area contributed by atoms with E-state index in [2.05, 4.69) is 9.97 Å². The number of aromatic nitrogens is 3. The second-order valence-electron chi connectivity index (χ2n) is 4.82. The molecule has 0 radical (unpaired) electrons. The quantitative estimate of drug-likeness (QED) is 0.583. The lowest BCUT2D eigenvalue weighted by Gasteiger charge is -2.04. The van der Waals surface area contributed by atoms with Crippen LogP contribution >= 0.6 is 11.3 Å². The number of hydrogen-bond donors (Lipinski definition) is 0. The van der Waals surface area contributed by atoms with Crippen molar-refractivity contribution in [2.24, 2.45) is 0 Å². The highest BCUT2D eigenvalue weighted by Crippen LogP contribution is 2.24. The average Bonchev–Trinajstić information content (AvgIpc) is 3.21. The van der Waals surface area contributed by atoms with Gasteiger partial charge >= 0.3 is 0 Å². The predicted octanol–water partition coefficient (Wildman–Crippen LogP) is 3.16. The van der Waals surface area contributed by atoms with Gasteiger partial charge in [-0.05, 0) is 24.3 Å². The fraction of sp³-hybridized carbons (Fsp3) is 0.0625. The first-order chi connectivity index (χ1) is 10.8. The molecule has 3 aromatic heterocycles. The Kier molecular flexibility index (Phi) is 3.08. The van der Waals surface area contributed by atoms with E-state index in [4.69, 9.17) is 4.42 Å². The third-order valence-electron chi connectivity index (χ3n) is 3.35. The summed E-state index contributed by atoms with van der Waals surface area (Å²) in [5.41, 5.74) is 1.46. The summed E-state index contributed by atoms with van der Waals surface area (Å²) < 4.78 is 6.90. The second-order valence-corrected chi connectivity index (χ2v) is 5.67. The molecule has 0 saturated heterocycles. The van der Waals surface area contributed by atoms with Crippen LogP contribution < -0.4 is 5.56 Å². The van der Waals surface area contributed by atoms with E-state index in [1.54, 1.807) is 23.2 Å². The lowest BCUT2D eigenvalue weighted by molar-refractivity contribution is 0.581. The Morgan fingerprint density at radius 1 is 1.18 bits per heavy atom. The number of hydrogen-bond acceptors (Lipinski definition) is 5. The summed E-state index contributed by atoms with van der Waals surface area (Å²) >= 11 is 1.50. The highest BCUT2D eigenvalue weighted by molar-refractivity contribution is 7.13. The van der Waals surface area contributed by atoms with E-state index in [9.17, 15) is 4.79 Å². The maximum Gasteiger partial charge on any atom is 0.261 e. The van der Waals surface area contributed by atoms with Crippen LogP contribution in [0.1, 0.15) is 5.69 Å². The number of furan rings is 1. The van der Waals surface area contributed by atoms with Crippen molar-refractivity contribution in [3.63, 3.8) is 0 Å². The Morgan fingerprint density at radius 3 is 2.95 bits per heavy atom. The van der Waals surface area contributed by atoms with Crippen LogP contribution in [0.5, 0.6) is 0 Å². The zero-order chi connectivity index (χ0) is 14.9.